The van der Waals surface area contributed by atoms with Gasteiger partial charge in [0.25, 0.3) is 5.91 Å². The van der Waals surface area contributed by atoms with Gasteiger partial charge >= 0.3 is 0 Å². The number of amides is 1. The van der Waals surface area contributed by atoms with Gasteiger partial charge in [-0.25, -0.2) is 5.43 Å². The molecule has 0 radical (unpaired) electrons. The molecule has 6 nitrogen and oxygen atoms in total. The molecule has 1 N–H and O–H groups in total. The number of ether oxygens (including phenoxy) is 3. The minimum atomic E-state index is -0.333. The molecule has 0 fully saturated rings. The fraction of sp³-hybridized carbons (Fsp3) is 0.0833. The van der Waals surface area contributed by atoms with Crippen molar-refractivity contribution >= 4 is 18.2 Å². The minimum Gasteiger partial charge on any atom is -0.489 e. The summed E-state index contributed by atoms with van der Waals surface area (Å²) < 4.78 is 16.4. The van der Waals surface area contributed by atoms with E-state index in [9.17, 15) is 4.79 Å². The van der Waals surface area contributed by atoms with Crippen LogP contribution in [0.15, 0.2) is 84.0 Å². The highest BCUT2D eigenvalue weighted by atomic mass is 16.7. The molecule has 1 amide bonds. The Morgan fingerprint density at radius 1 is 0.967 bits per heavy atom. The first-order valence-corrected chi connectivity index (χ1v) is 9.44. The van der Waals surface area contributed by atoms with Crippen LogP contribution in [0, 0.1) is 0 Å². The lowest BCUT2D eigenvalue weighted by atomic mass is 10.2. The van der Waals surface area contributed by atoms with Gasteiger partial charge in [0.2, 0.25) is 6.79 Å². The molecular weight excluding hydrogens is 380 g/mol. The van der Waals surface area contributed by atoms with Gasteiger partial charge in [0.1, 0.15) is 12.4 Å². The molecule has 6 heteroatoms. The largest absolute Gasteiger partial charge is 0.489 e. The summed E-state index contributed by atoms with van der Waals surface area (Å²) in [5.74, 6) is 1.78. The van der Waals surface area contributed by atoms with Crippen LogP contribution in [0.5, 0.6) is 17.2 Å². The van der Waals surface area contributed by atoms with E-state index in [0.29, 0.717) is 18.1 Å². The summed E-state index contributed by atoms with van der Waals surface area (Å²) in [5, 5.41) is 4.00. The first-order valence-electron chi connectivity index (χ1n) is 9.44. The normalized spacial score (nSPS) is 12.4. The summed E-state index contributed by atoms with van der Waals surface area (Å²) in [6, 6.07) is 22.9. The predicted octanol–water partition coefficient (Wildman–Crippen LogP) is 4.16. The smallest absolute Gasteiger partial charge is 0.264 e. The van der Waals surface area contributed by atoms with Crippen LogP contribution in [0.25, 0.3) is 6.08 Å². The average molecular weight is 400 g/mol. The second-order valence-corrected chi connectivity index (χ2v) is 6.53. The van der Waals surface area contributed by atoms with Gasteiger partial charge < -0.3 is 14.2 Å². The number of carbonyl (C=O) groups excluding carboxylic acids is 1. The predicted molar refractivity (Wildman–Crippen MR) is 115 cm³/mol. The molecule has 0 bridgehead atoms. The van der Waals surface area contributed by atoms with Crippen molar-refractivity contribution in [2.75, 3.05) is 6.79 Å². The highest BCUT2D eigenvalue weighted by Crippen LogP contribution is 2.32. The highest BCUT2D eigenvalue weighted by Gasteiger charge is 2.12. The Kier molecular flexibility index (Phi) is 6.05. The number of benzene rings is 3. The summed E-state index contributed by atoms with van der Waals surface area (Å²) in [6.07, 6.45) is 4.67. The van der Waals surface area contributed by atoms with Crippen molar-refractivity contribution in [3.63, 3.8) is 0 Å². The van der Waals surface area contributed by atoms with Gasteiger partial charge in [0.05, 0.1) is 6.21 Å². The molecule has 0 spiro atoms. The Labute approximate surface area is 174 Å². The second kappa shape index (κ2) is 9.43. The van der Waals surface area contributed by atoms with Gasteiger partial charge in [-0.1, -0.05) is 48.5 Å². The summed E-state index contributed by atoms with van der Waals surface area (Å²) in [7, 11) is 0. The van der Waals surface area contributed by atoms with Gasteiger partial charge in [0, 0.05) is 6.08 Å². The van der Waals surface area contributed by atoms with E-state index in [1.54, 1.807) is 12.3 Å². The number of fused-ring (bicyclic) bond motifs is 1. The Hall–Kier alpha value is -4.06. The summed E-state index contributed by atoms with van der Waals surface area (Å²) in [5.41, 5.74) is 5.23. The fourth-order valence-corrected chi connectivity index (χ4v) is 2.82. The van der Waals surface area contributed by atoms with Crippen molar-refractivity contribution in [2.45, 2.75) is 6.61 Å². The average Bonchev–Trinajstić information content (AvgIpc) is 3.25. The van der Waals surface area contributed by atoms with Gasteiger partial charge in [0.15, 0.2) is 11.5 Å². The van der Waals surface area contributed by atoms with E-state index in [-0.39, 0.29) is 12.7 Å². The molecule has 1 aliphatic rings. The van der Waals surface area contributed by atoms with Crippen molar-refractivity contribution in [3.8, 4) is 17.2 Å². The number of nitrogens with one attached hydrogen (secondary N) is 1. The van der Waals surface area contributed by atoms with Crippen molar-refractivity contribution in [2.24, 2.45) is 5.10 Å². The van der Waals surface area contributed by atoms with Gasteiger partial charge in [-0.05, 0) is 47.0 Å². The van der Waals surface area contributed by atoms with Crippen LogP contribution >= 0.6 is 0 Å². The third-order valence-corrected chi connectivity index (χ3v) is 4.32. The number of hydrogen-bond acceptors (Lipinski definition) is 5. The van der Waals surface area contributed by atoms with Gasteiger partial charge in [-0.15, -0.1) is 0 Å². The number of hydrazone groups is 1. The first kappa shape index (κ1) is 19.3. The second-order valence-electron chi connectivity index (χ2n) is 6.53. The molecule has 1 heterocycles. The molecular formula is C24H20N2O4. The fourth-order valence-electron chi connectivity index (χ4n) is 2.82. The van der Waals surface area contributed by atoms with Gasteiger partial charge in [-0.3, -0.25) is 4.79 Å². The zero-order chi connectivity index (χ0) is 20.6. The maximum absolute atomic E-state index is 12.0. The Balaban J connectivity index is 1.29. The first-order chi connectivity index (χ1) is 14.8. The Morgan fingerprint density at radius 2 is 1.83 bits per heavy atom. The molecule has 1 aliphatic heterocycles. The molecule has 150 valence electrons. The molecule has 3 aromatic carbocycles. The lowest BCUT2D eigenvalue weighted by molar-refractivity contribution is -0.116. The molecule has 0 saturated carbocycles. The van der Waals surface area contributed by atoms with Crippen molar-refractivity contribution in [1.82, 2.24) is 5.43 Å². The molecule has 0 aliphatic carbocycles. The van der Waals surface area contributed by atoms with Crippen LogP contribution in [0.1, 0.15) is 16.7 Å². The maximum Gasteiger partial charge on any atom is 0.264 e. The highest BCUT2D eigenvalue weighted by molar-refractivity contribution is 5.92. The lowest BCUT2D eigenvalue weighted by Gasteiger charge is -2.06. The van der Waals surface area contributed by atoms with E-state index < -0.39 is 0 Å². The third-order valence-electron chi connectivity index (χ3n) is 4.32. The monoisotopic (exact) mass is 400 g/mol. The molecule has 30 heavy (non-hydrogen) atoms. The van der Waals surface area contributed by atoms with E-state index in [1.807, 2.05) is 72.8 Å². The number of nitrogens with zero attached hydrogens (tertiary/aromatic N) is 1. The molecule has 3 aromatic rings. The molecule has 0 aromatic heterocycles. The van der Waals surface area contributed by atoms with E-state index in [2.05, 4.69) is 10.5 Å². The minimum absolute atomic E-state index is 0.218. The van der Waals surface area contributed by atoms with E-state index in [1.165, 1.54) is 6.08 Å². The molecule has 4 rings (SSSR count). The van der Waals surface area contributed by atoms with E-state index >= 15 is 0 Å². The zero-order valence-corrected chi connectivity index (χ0v) is 16.2. The van der Waals surface area contributed by atoms with Crippen LogP contribution in [0.4, 0.5) is 0 Å². The van der Waals surface area contributed by atoms with Gasteiger partial charge in [-0.2, -0.15) is 5.10 Å². The van der Waals surface area contributed by atoms with Crippen LogP contribution in [0.2, 0.25) is 0 Å². The molecule has 0 atom stereocenters. The maximum atomic E-state index is 12.0. The number of hydrogen-bond donors (Lipinski definition) is 1. The number of rotatable bonds is 7. The number of carbonyl (C=O) groups is 1. The summed E-state index contributed by atoms with van der Waals surface area (Å²) >= 11 is 0. The van der Waals surface area contributed by atoms with Crippen molar-refractivity contribution in [1.29, 1.82) is 0 Å². The van der Waals surface area contributed by atoms with Crippen LogP contribution in [-0.2, 0) is 11.4 Å². The zero-order valence-electron chi connectivity index (χ0n) is 16.2. The Bertz CT molecular complexity index is 1080. The van der Waals surface area contributed by atoms with E-state index in [4.69, 9.17) is 14.2 Å². The van der Waals surface area contributed by atoms with Crippen molar-refractivity contribution in [3.05, 3.63) is 95.6 Å². The van der Waals surface area contributed by atoms with E-state index in [0.717, 1.165) is 22.4 Å². The third kappa shape index (κ3) is 5.26. The quantitative estimate of drug-likeness (QED) is 0.367. The summed E-state index contributed by atoms with van der Waals surface area (Å²) in [6.45, 7) is 0.707. The van der Waals surface area contributed by atoms with Crippen molar-refractivity contribution < 1.29 is 19.0 Å². The molecule has 0 saturated heterocycles. The SMILES string of the molecule is O=C(C=Cc1ccc2c(c1)OCO2)NN=Cc1cccc(OCc2ccccc2)c1. The standard InChI is InChI=1S/C24H20N2O4/c27-24(12-10-18-9-11-22-23(14-18)30-17-29-22)26-25-15-20-7-4-8-21(13-20)28-16-19-5-2-1-3-6-19/h1-15H,16-17H2,(H,26,27). The summed E-state index contributed by atoms with van der Waals surface area (Å²) in [4.78, 5) is 12.0. The Morgan fingerprint density at radius 3 is 2.73 bits per heavy atom. The van der Waals surface area contributed by atoms with Crippen LogP contribution in [-0.4, -0.2) is 18.9 Å². The topological polar surface area (TPSA) is 69.2 Å². The van der Waals surface area contributed by atoms with Crippen LogP contribution < -0.4 is 19.6 Å². The molecule has 0 unspecified atom stereocenters. The van der Waals surface area contributed by atoms with Crippen LogP contribution in [0.3, 0.4) is 0 Å². The lowest BCUT2D eigenvalue weighted by Crippen LogP contribution is -2.14.